The molecule has 0 aliphatic carbocycles. The third-order valence-electron chi connectivity index (χ3n) is 3.43. The van der Waals surface area contributed by atoms with Crippen molar-refractivity contribution in [2.75, 3.05) is 12.3 Å². The van der Waals surface area contributed by atoms with E-state index in [-0.39, 0.29) is 6.42 Å². The summed E-state index contributed by atoms with van der Waals surface area (Å²) in [5.74, 6) is 0.820. The first-order valence-corrected chi connectivity index (χ1v) is 7.09. The number of nitriles is 1. The molecule has 3 rings (SSSR count). The zero-order valence-corrected chi connectivity index (χ0v) is 12.3. The second-order valence-electron chi connectivity index (χ2n) is 4.89. The molecule has 0 saturated carbocycles. The predicted molar refractivity (Wildman–Crippen MR) is 85.5 cm³/mol. The van der Waals surface area contributed by atoms with E-state index < -0.39 is 0 Å². The van der Waals surface area contributed by atoms with Crippen molar-refractivity contribution in [2.45, 2.75) is 13.3 Å². The lowest BCUT2D eigenvalue weighted by molar-refractivity contribution is 0.340. The number of fused-ring (bicyclic) bond motifs is 1. The van der Waals surface area contributed by atoms with E-state index in [4.69, 9.17) is 15.7 Å². The van der Waals surface area contributed by atoms with E-state index in [9.17, 15) is 0 Å². The highest BCUT2D eigenvalue weighted by Gasteiger charge is 2.14. The van der Waals surface area contributed by atoms with Gasteiger partial charge in [-0.25, -0.2) is 4.98 Å². The van der Waals surface area contributed by atoms with E-state index in [2.05, 4.69) is 11.1 Å². The summed E-state index contributed by atoms with van der Waals surface area (Å²) >= 11 is 0. The Balaban J connectivity index is 2.13. The number of rotatable bonds is 4. The molecule has 0 saturated heterocycles. The number of nitrogen functional groups attached to an aromatic ring is 1. The molecule has 0 fully saturated rings. The highest BCUT2D eigenvalue weighted by atomic mass is 16.5. The van der Waals surface area contributed by atoms with Gasteiger partial charge < -0.3 is 14.9 Å². The summed E-state index contributed by atoms with van der Waals surface area (Å²) in [6.45, 7) is 2.58. The fraction of sp³-hybridized carbons (Fsp3) is 0.176. The average Bonchev–Trinajstić information content (AvgIpc) is 2.87. The first kappa shape index (κ1) is 14.0. The number of aromatic nitrogens is 2. The van der Waals surface area contributed by atoms with Crippen molar-refractivity contribution in [1.29, 1.82) is 5.26 Å². The van der Waals surface area contributed by atoms with Gasteiger partial charge in [-0.15, -0.1) is 0 Å². The van der Waals surface area contributed by atoms with Crippen LogP contribution in [0.5, 0.6) is 5.75 Å². The van der Waals surface area contributed by atoms with Crippen molar-refractivity contribution in [3.63, 3.8) is 0 Å². The molecule has 2 N–H and O–H groups in total. The second kappa shape index (κ2) is 5.78. The zero-order valence-electron chi connectivity index (χ0n) is 12.3. The minimum atomic E-state index is 0.271. The molecule has 5 nitrogen and oxygen atoms in total. The lowest BCUT2D eigenvalue weighted by Crippen LogP contribution is -1.96. The minimum Gasteiger partial charge on any atom is -0.494 e. The molecule has 0 radical (unpaired) electrons. The van der Waals surface area contributed by atoms with Crippen LogP contribution in [0.1, 0.15) is 12.6 Å². The number of nitrogens with zero attached hydrogens (tertiary/aromatic N) is 3. The molecule has 5 heteroatoms. The third kappa shape index (κ3) is 2.47. The Morgan fingerprint density at radius 1 is 1.23 bits per heavy atom. The van der Waals surface area contributed by atoms with Crippen molar-refractivity contribution in [1.82, 2.24) is 9.38 Å². The van der Waals surface area contributed by atoms with Crippen molar-refractivity contribution >= 4 is 11.3 Å². The maximum Gasteiger partial charge on any atom is 0.137 e. The van der Waals surface area contributed by atoms with Crippen molar-refractivity contribution < 1.29 is 4.74 Å². The molecule has 22 heavy (non-hydrogen) atoms. The molecule has 0 unspecified atom stereocenters. The maximum atomic E-state index is 9.11. The summed E-state index contributed by atoms with van der Waals surface area (Å²) in [6.07, 6.45) is 2.07. The molecule has 3 aromatic rings. The Morgan fingerprint density at radius 3 is 2.68 bits per heavy atom. The molecule has 2 aromatic heterocycles. The first-order chi connectivity index (χ1) is 10.7. The molecule has 0 atom stereocenters. The molecule has 2 heterocycles. The topological polar surface area (TPSA) is 76.3 Å². The van der Waals surface area contributed by atoms with Crippen LogP contribution in [0.2, 0.25) is 0 Å². The molecule has 0 aliphatic rings. The van der Waals surface area contributed by atoms with Crippen LogP contribution >= 0.6 is 0 Å². The number of pyridine rings is 1. The average molecular weight is 292 g/mol. The fourth-order valence-corrected chi connectivity index (χ4v) is 2.46. The quantitative estimate of drug-likeness (QED) is 0.801. The second-order valence-corrected chi connectivity index (χ2v) is 4.89. The number of imidazole rings is 1. The summed E-state index contributed by atoms with van der Waals surface area (Å²) in [7, 11) is 0. The van der Waals surface area contributed by atoms with Crippen LogP contribution < -0.4 is 10.5 Å². The smallest absolute Gasteiger partial charge is 0.137 e. The molecule has 1 aromatic carbocycles. The Bertz CT molecular complexity index is 843. The number of nitrogens with two attached hydrogens (primary N) is 1. The van der Waals surface area contributed by atoms with Gasteiger partial charge in [-0.1, -0.05) is 0 Å². The molecular weight excluding hydrogens is 276 g/mol. The molecular formula is C17H16N4O. The first-order valence-electron chi connectivity index (χ1n) is 7.09. The number of ether oxygens (including phenoxy) is 1. The summed E-state index contributed by atoms with van der Waals surface area (Å²) in [4.78, 5) is 4.63. The van der Waals surface area contributed by atoms with Gasteiger partial charge in [0.05, 0.1) is 30.5 Å². The third-order valence-corrected chi connectivity index (χ3v) is 3.43. The van der Waals surface area contributed by atoms with Gasteiger partial charge in [0, 0.05) is 17.4 Å². The summed E-state index contributed by atoms with van der Waals surface area (Å²) in [5, 5.41) is 9.11. The van der Waals surface area contributed by atoms with E-state index in [1.54, 1.807) is 12.3 Å². The number of benzene rings is 1. The van der Waals surface area contributed by atoms with E-state index in [0.717, 1.165) is 28.3 Å². The zero-order chi connectivity index (χ0) is 15.5. The van der Waals surface area contributed by atoms with Crippen LogP contribution in [0.3, 0.4) is 0 Å². The Morgan fingerprint density at radius 2 is 2.00 bits per heavy atom. The highest BCUT2D eigenvalue weighted by Crippen LogP contribution is 2.27. The monoisotopic (exact) mass is 292 g/mol. The van der Waals surface area contributed by atoms with Crippen LogP contribution in [-0.4, -0.2) is 16.0 Å². The Labute approximate surface area is 128 Å². The van der Waals surface area contributed by atoms with Crippen LogP contribution in [-0.2, 0) is 6.42 Å². The molecule has 0 spiro atoms. The van der Waals surface area contributed by atoms with Crippen molar-refractivity contribution in [2.24, 2.45) is 0 Å². The van der Waals surface area contributed by atoms with Gasteiger partial charge in [0.25, 0.3) is 0 Å². The van der Waals surface area contributed by atoms with Crippen LogP contribution in [0.4, 0.5) is 5.69 Å². The van der Waals surface area contributed by atoms with Gasteiger partial charge in [-0.2, -0.15) is 5.26 Å². The Kier molecular flexibility index (Phi) is 3.67. The molecule has 0 aliphatic heterocycles. The van der Waals surface area contributed by atoms with Crippen molar-refractivity contribution in [3.05, 3.63) is 48.3 Å². The largest absolute Gasteiger partial charge is 0.494 e. The Hall–Kier alpha value is -3.00. The van der Waals surface area contributed by atoms with Crippen molar-refractivity contribution in [3.8, 4) is 23.1 Å². The van der Waals surface area contributed by atoms with Gasteiger partial charge in [-0.3, -0.25) is 0 Å². The van der Waals surface area contributed by atoms with E-state index in [1.165, 1.54) is 0 Å². The minimum absolute atomic E-state index is 0.271. The number of hydrogen-bond acceptors (Lipinski definition) is 4. The van der Waals surface area contributed by atoms with Crippen LogP contribution in [0, 0.1) is 11.3 Å². The SMILES string of the molecule is CCOc1ccc(-c2nc3ccc(N)cn3c2CC#N)cc1. The normalized spacial score (nSPS) is 10.5. The maximum absolute atomic E-state index is 9.11. The lowest BCUT2D eigenvalue weighted by Gasteiger charge is -2.05. The van der Waals surface area contributed by atoms with Gasteiger partial charge in [-0.05, 0) is 43.3 Å². The summed E-state index contributed by atoms with van der Waals surface area (Å²) in [5.41, 5.74) is 9.86. The fourth-order valence-electron chi connectivity index (χ4n) is 2.46. The lowest BCUT2D eigenvalue weighted by atomic mass is 10.1. The van der Waals surface area contributed by atoms with Crippen LogP contribution in [0.25, 0.3) is 16.9 Å². The van der Waals surface area contributed by atoms with Gasteiger partial charge in [0.1, 0.15) is 11.4 Å². The summed E-state index contributed by atoms with van der Waals surface area (Å²) in [6, 6.07) is 13.6. The van der Waals surface area contributed by atoms with E-state index in [1.807, 2.05) is 41.7 Å². The molecule has 0 bridgehead atoms. The van der Waals surface area contributed by atoms with Gasteiger partial charge in [0.15, 0.2) is 0 Å². The highest BCUT2D eigenvalue weighted by molar-refractivity contribution is 5.68. The molecule has 0 amide bonds. The predicted octanol–water partition coefficient (Wildman–Crippen LogP) is 3.05. The molecule has 110 valence electrons. The van der Waals surface area contributed by atoms with Gasteiger partial charge >= 0.3 is 0 Å². The van der Waals surface area contributed by atoms with E-state index in [0.29, 0.717) is 12.3 Å². The summed E-state index contributed by atoms with van der Waals surface area (Å²) < 4.78 is 7.33. The van der Waals surface area contributed by atoms with Gasteiger partial charge in [0.2, 0.25) is 0 Å². The van der Waals surface area contributed by atoms with E-state index >= 15 is 0 Å². The standard InChI is InChI=1S/C17H16N4O/c1-2-22-14-6-3-12(4-7-14)17-15(9-10-18)21-11-13(19)5-8-16(21)20-17/h3-8,11H,2,9,19H2,1H3. The number of hydrogen-bond donors (Lipinski definition) is 1. The van der Waals surface area contributed by atoms with Crippen LogP contribution in [0.15, 0.2) is 42.6 Å². The number of anilines is 1.